The fourth-order valence-corrected chi connectivity index (χ4v) is 3.07. The summed E-state index contributed by atoms with van der Waals surface area (Å²) in [7, 11) is -0.132. The second kappa shape index (κ2) is 7.57. The van der Waals surface area contributed by atoms with E-state index in [9.17, 15) is 13.2 Å². The number of methoxy groups -OCH3 is 1. The van der Waals surface area contributed by atoms with Crippen LogP contribution in [-0.4, -0.2) is 39.6 Å². The van der Waals surface area contributed by atoms with Crippen LogP contribution in [-0.2, 0) is 16.6 Å². The molecule has 0 unspecified atom stereocenters. The molecule has 0 aliphatic heterocycles. The van der Waals surface area contributed by atoms with Gasteiger partial charge in [-0.2, -0.15) is 0 Å². The normalized spacial score (nSPS) is 11.0. The molecule has 0 saturated heterocycles. The maximum atomic E-state index is 12.7. The zero-order chi connectivity index (χ0) is 18.6. The smallest absolute Gasteiger partial charge is 0.253 e. The van der Waals surface area contributed by atoms with Crippen LogP contribution in [0.1, 0.15) is 21.5 Å². The van der Waals surface area contributed by atoms with Crippen molar-refractivity contribution in [2.24, 2.45) is 0 Å². The van der Waals surface area contributed by atoms with E-state index in [2.05, 4.69) is 4.72 Å². The first-order chi connectivity index (χ1) is 11.7. The molecule has 2 rings (SSSR count). The fraction of sp³-hybridized carbons (Fsp3) is 0.278. The van der Waals surface area contributed by atoms with Crippen molar-refractivity contribution in [1.29, 1.82) is 0 Å². The highest BCUT2D eigenvalue weighted by molar-refractivity contribution is 7.92. The summed E-state index contributed by atoms with van der Waals surface area (Å²) in [6.07, 6.45) is 1.08. The van der Waals surface area contributed by atoms with Crippen LogP contribution in [0.4, 0.5) is 5.69 Å². The average Bonchev–Trinajstić information content (AvgIpc) is 2.55. The second-order valence-corrected chi connectivity index (χ2v) is 7.63. The highest BCUT2D eigenvalue weighted by Crippen LogP contribution is 2.22. The number of hydrogen-bond donors (Lipinski definition) is 1. The van der Waals surface area contributed by atoms with E-state index in [4.69, 9.17) is 4.74 Å². The van der Waals surface area contributed by atoms with E-state index in [-0.39, 0.29) is 5.91 Å². The van der Waals surface area contributed by atoms with Gasteiger partial charge in [-0.25, -0.2) is 8.42 Å². The molecule has 6 nitrogen and oxygen atoms in total. The van der Waals surface area contributed by atoms with Gasteiger partial charge >= 0.3 is 0 Å². The van der Waals surface area contributed by atoms with Crippen molar-refractivity contribution in [3.05, 3.63) is 59.2 Å². The minimum absolute atomic E-state index is 0.206. The summed E-state index contributed by atoms with van der Waals surface area (Å²) in [6.45, 7) is 2.16. The van der Waals surface area contributed by atoms with Crippen LogP contribution in [0.15, 0.2) is 42.5 Å². The molecule has 2 aromatic carbocycles. The third-order valence-corrected chi connectivity index (χ3v) is 4.32. The van der Waals surface area contributed by atoms with E-state index in [1.807, 2.05) is 24.3 Å². The molecule has 7 heteroatoms. The number of anilines is 1. The number of carbonyl (C=O) groups excluding carboxylic acids is 1. The Balaban J connectivity index is 2.23. The number of aryl methyl sites for hydroxylation is 1. The zero-order valence-electron chi connectivity index (χ0n) is 14.7. The molecule has 1 amide bonds. The lowest BCUT2D eigenvalue weighted by atomic mass is 10.1. The largest absolute Gasteiger partial charge is 0.496 e. The van der Waals surface area contributed by atoms with Crippen molar-refractivity contribution in [2.45, 2.75) is 13.5 Å². The summed E-state index contributed by atoms with van der Waals surface area (Å²) in [5.41, 5.74) is 2.45. The van der Waals surface area contributed by atoms with Crippen molar-refractivity contribution < 1.29 is 17.9 Å². The Morgan fingerprint density at radius 1 is 1.20 bits per heavy atom. The number of nitrogens with one attached hydrogen (secondary N) is 1. The van der Waals surface area contributed by atoms with Crippen LogP contribution >= 0.6 is 0 Å². The molecule has 134 valence electrons. The SMILES string of the molecule is COc1ccccc1CN(C)C(=O)c1ccc(C)c(NS(C)(=O)=O)c1. The molecule has 1 N–H and O–H groups in total. The van der Waals surface area contributed by atoms with Crippen molar-refractivity contribution >= 4 is 21.6 Å². The quantitative estimate of drug-likeness (QED) is 0.857. The lowest BCUT2D eigenvalue weighted by Gasteiger charge is -2.19. The average molecular weight is 362 g/mol. The molecule has 0 bridgehead atoms. The van der Waals surface area contributed by atoms with Crippen LogP contribution in [0, 0.1) is 6.92 Å². The number of ether oxygens (including phenoxy) is 1. The molecular weight excluding hydrogens is 340 g/mol. The first kappa shape index (κ1) is 18.8. The van der Waals surface area contributed by atoms with Gasteiger partial charge in [0.15, 0.2) is 0 Å². The maximum Gasteiger partial charge on any atom is 0.253 e. The Hall–Kier alpha value is -2.54. The lowest BCUT2D eigenvalue weighted by molar-refractivity contribution is 0.0784. The minimum Gasteiger partial charge on any atom is -0.496 e. The maximum absolute atomic E-state index is 12.7. The summed E-state index contributed by atoms with van der Waals surface area (Å²) in [5, 5.41) is 0. The van der Waals surface area contributed by atoms with Crippen LogP contribution in [0.3, 0.4) is 0 Å². The summed E-state index contributed by atoms with van der Waals surface area (Å²) in [4.78, 5) is 14.2. The molecule has 0 aliphatic carbocycles. The fourth-order valence-electron chi connectivity index (χ4n) is 2.45. The van der Waals surface area contributed by atoms with Gasteiger partial charge in [-0.15, -0.1) is 0 Å². The third-order valence-electron chi connectivity index (χ3n) is 3.73. The number of sulfonamides is 1. The molecule has 25 heavy (non-hydrogen) atoms. The number of rotatable bonds is 6. The minimum atomic E-state index is -3.41. The van der Waals surface area contributed by atoms with Gasteiger partial charge in [-0.1, -0.05) is 24.3 Å². The number of para-hydroxylation sites is 1. The number of benzene rings is 2. The molecule has 0 aliphatic rings. The summed E-state index contributed by atoms with van der Waals surface area (Å²) < 4.78 is 30.7. The molecule has 0 aromatic heterocycles. The predicted molar refractivity (Wildman–Crippen MR) is 98.4 cm³/mol. The summed E-state index contributed by atoms with van der Waals surface area (Å²) in [5.74, 6) is 0.507. The van der Waals surface area contributed by atoms with Gasteiger partial charge in [0.2, 0.25) is 10.0 Å². The monoisotopic (exact) mass is 362 g/mol. The van der Waals surface area contributed by atoms with Crippen LogP contribution < -0.4 is 9.46 Å². The molecule has 0 saturated carbocycles. The highest BCUT2D eigenvalue weighted by atomic mass is 32.2. The Morgan fingerprint density at radius 3 is 2.52 bits per heavy atom. The predicted octanol–water partition coefficient (Wildman–Crippen LogP) is 2.65. The van der Waals surface area contributed by atoms with Crippen LogP contribution in [0.25, 0.3) is 0 Å². The topological polar surface area (TPSA) is 75.7 Å². The second-order valence-electron chi connectivity index (χ2n) is 5.88. The molecule has 0 fully saturated rings. The Labute approximate surface area is 148 Å². The molecule has 0 heterocycles. The number of nitrogens with zero attached hydrogens (tertiary/aromatic N) is 1. The van der Waals surface area contributed by atoms with E-state index < -0.39 is 10.0 Å². The van der Waals surface area contributed by atoms with Gasteiger partial charge < -0.3 is 9.64 Å². The Kier molecular flexibility index (Phi) is 5.69. The van der Waals surface area contributed by atoms with Crippen molar-refractivity contribution in [3.63, 3.8) is 0 Å². The van der Waals surface area contributed by atoms with Crippen molar-refractivity contribution in [1.82, 2.24) is 4.90 Å². The molecule has 2 aromatic rings. The van der Waals surface area contributed by atoms with E-state index in [1.165, 1.54) is 0 Å². The van der Waals surface area contributed by atoms with E-state index in [0.717, 1.165) is 17.4 Å². The van der Waals surface area contributed by atoms with Crippen molar-refractivity contribution in [2.75, 3.05) is 25.1 Å². The Bertz CT molecular complexity index is 878. The van der Waals surface area contributed by atoms with E-state index in [1.54, 1.807) is 44.2 Å². The number of amides is 1. The molecular formula is C18H22N2O4S. The van der Waals surface area contributed by atoms with Gasteiger partial charge in [-0.05, 0) is 30.7 Å². The molecule has 0 atom stereocenters. The zero-order valence-corrected chi connectivity index (χ0v) is 15.6. The summed E-state index contributed by atoms with van der Waals surface area (Å²) >= 11 is 0. The van der Waals surface area contributed by atoms with Gasteiger partial charge in [0.05, 0.1) is 19.1 Å². The lowest BCUT2D eigenvalue weighted by Crippen LogP contribution is -2.26. The molecule has 0 radical (unpaired) electrons. The molecule has 0 spiro atoms. The number of carbonyl (C=O) groups is 1. The van der Waals surface area contributed by atoms with Crippen LogP contribution in [0.2, 0.25) is 0 Å². The van der Waals surface area contributed by atoms with Crippen molar-refractivity contribution in [3.8, 4) is 5.75 Å². The number of hydrogen-bond acceptors (Lipinski definition) is 4. The first-order valence-electron chi connectivity index (χ1n) is 7.67. The first-order valence-corrected chi connectivity index (χ1v) is 9.56. The van der Waals surface area contributed by atoms with Gasteiger partial charge in [0, 0.05) is 24.7 Å². The highest BCUT2D eigenvalue weighted by Gasteiger charge is 2.16. The van der Waals surface area contributed by atoms with Crippen LogP contribution in [0.5, 0.6) is 5.75 Å². The van der Waals surface area contributed by atoms with Gasteiger partial charge in [0.1, 0.15) is 5.75 Å². The summed E-state index contributed by atoms with van der Waals surface area (Å²) in [6, 6.07) is 12.4. The standard InChI is InChI=1S/C18H22N2O4S/c1-13-9-10-14(11-16(13)19-25(4,22)23)18(21)20(2)12-15-7-5-6-8-17(15)24-3/h5-11,19H,12H2,1-4H3. The van der Waals surface area contributed by atoms with Gasteiger partial charge in [-0.3, -0.25) is 9.52 Å². The third kappa shape index (κ3) is 4.96. The van der Waals surface area contributed by atoms with Gasteiger partial charge in [0.25, 0.3) is 5.91 Å². The van der Waals surface area contributed by atoms with E-state index >= 15 is 0 Å². The van der Waals surface area contributed by atoms with E-state index in [0.29, 0.717) is 23.5 Å². The Morgan fingerprint density at radius 2 is 1.88 bits per heavy atom.